The van der Waals surface area contributed by atoms with Crippen LogP contribution in [-0.2, 0) is 9.53 Å². The molecule has 0 saturated heterocycles. The number of ether oxygens (including phenoxy) is 1. The van der Waals surface area contributed by atoms with Crippen molar-refractivity contribution in [3.05, 3.63) is 30.3 Å². The Morgan fingerprint density at radius 1 is 1.11 bits per heavy atom. The summed E-state index contributed by atoms with van der Waals surface area (Å²) in [6, 6.07) is 0. The summed E-state index contributed by atoms with van der Waals surface area (Å²) in [7, 11) is 0. The molecule has 0 N–H and O–H groups in total. The van der Waals surface area contributed by atoms with Gasteiger partial charge in [-0.05, 0) is 13.8 Å². The summed E-state index contributed by atoms with van der Waals surface area (Å²) in [4.78, 5) is 37.7. The number of nitrogens with zero attached hydrogens (tertiary/aromatic N) is 3. The maximum absolute atomic E-state index is 11.1. The zero-order valence-corrected chi connectivity index (χ0v) is 9.60. The van der Waals surface area contributed by atoms with Gasteiger partial charge in [0.2, 0.25) is 0 Å². The van der Waals surface area contributed by atoms with E-state index in [0.717, 1.165) is 0 Å². The number of nitro groups is 3. The summed E-state index contributed by atoms with van der Waals surface area (Å²) in [5.74, 6) is -4.59. The Morgan fingerprint density at radius 2 is 1.50 bits per heavy atom. The highest BCUT2D eigenvalue weighted by Gasteiger charge is 2.69. The van der Waals surface area contributed by atoms with Gasteiger partial charge in [-0.15, -0.1) is 0 Å². The van der Waals surface area contributed by atoms with Crippen LogP contribution < -0.4 is 0 Å². The Labute approximate surface area is 100 Å². The molecule has 0 radical (unpaired) electrons. The Bertz CT molecular complexity index is 343. The largest absolute Gasteiger partial charge is 0.700 e. The van der Waals surface area contributed by atoms with Gasteiger partial charge in [-0.3, -0.25) is 35.1 Å². The molecule has 102 valence electrons. The van der Waals surface area contributed by atoms with Crippen LogP contribution in [0.15, 0.2) is 0 Å². The fourth-order valence-corrected chi connectivity index (χ4v) is 1.07. The summed E-state index contributed by atoms with van der Waals surface area (Å²) in [6.45, 7) is 3.00. The van der Waals surface area contributed by atoms with Crippen LogP contribution in [0.1, 0.15) is 26.7 Å². The molecule has 0 fully saturated rings. The van der Waals surface area contributed by atoms with E-state index in [4.69, 9.17) is 0 Å². The number of carbonyl (C=O) groups excluding carboxylic acids is 1. The lowest BCUT2D eigenvalue weighted by Crippen LogP contribution is -2.53. The van der Waals surface area contributed by atoms with Crippen LogP contribution >= 0.6 is 0 Å². The van der Waals surface area contributed by atoms with Crippen LogP contribution in [0, 0.1) is 30.3 Å². The zero-order chi connectivity index (χ0) is 14.5. The molecule has 0 heterocycles. The molecule has 0 atom stereocenters. The predicted octanol–water partition coefficient (Wildman–Crippen LogP) is 0.202. The van der Waals surface area contributed by atoms with Gasteiger partial charge in [0.15, 0.2) is 21.2 Å². The standard InChI is InChI=1S/C7H11N3O8/c1-5(2)18-6(11)3-4-7(8(12)13,9(14)15)10(16)17/h5H,3-4H2,1-2H3. The van der Waals surface area contributed by atoms with Crippen LogP contribution in [0.2, 0.25) is 0 Å². The van der Waals surface area contributed by atoms with E-state index < -0.39 is 45.5 Å². The van der Waals surface area contributed by atoms with E-state index in [1.54, 1.807) is 0 Å². The van der Waals surface area contributed by atoms with Crippen molar-refractivity contribution < 1.29 is 24.3 Å². The average Bonchev–Trinajstić information content (AvgIpc) is 2.15. The Kier molecular flexibility index (Phi) is 5.08. The second-order valence-electron chi connectivity index (χ2n) is 3.58. The van der Waals surface area contributed by atoms with Gasteiger partial charge >= 0.3 is 11.8 Å². The van der Waals surface area contributed by atoms with Gasteiger partial charge in [-0.25, -0.2) is 0 Å². The minimum atomic E-state index is -3.62. The molecule has 0 aromatic heterocycles. The molecule has 0 saturated carbocycles. The first-order valence-corrected chi connectivity index (χ1v) is 4.77. The van der Waals surface area contributed by atoms with Crippen LogP contribution in [-0.4, -0.2) is 32.6 Å². The van der Waals surface area contributed by atoms with E-state index in [-0.39, 0.29) is 0 Å². The third-order valence-electron chi connectivity index (χ3n) is 1.91. The van der Waals surface area contributed by atoms with Crippen LogP contribution in [0.4, 0.5) is 0 Å². The van der Waals surface area contributed by atoms with Crippen molar-refractivity contribution in [2.24, 2.45) is 0 Å². The topological polar surface area (TPSA) is 156 Å². The average molecular weight is 265 g/mol. The lowest BCUT2D eigenvalue weighted by atomic mass is 10.2. The fraction of sp³-hybridized carbons (Fsp3) is 0.857. The number of hydrogen-bond donors (Lipinski definition) is 0. The summed E-state index contributed by atoms with van der Waals surface area (Å²) in [5.41, 5.74) is 0. The first-order chi connectivity index (χ1) is 8.14. The fourth-order valence-electron chi connectivity index (χ4n) is 1.07. The summed E-state index contributed by atoms with van der Waals surface area (Å²) < 4.78 is 4.58. The molecular formula is C7H11N3O8. The van der Waals surface area contributed by atoms with E-state index in [9.17, 15) is 35.1 Å². The number of rotatable bonds is 7. The van der Waals surface area contributed by atoms with Gasteiger partial charge in [0.1, 0.15) is 0 Å². The minimum absolute atomic E-state index is 0.520. The molecule has 0 aromatic rings. The second kappa shape index (κ2) is 5.84. The summed E-state index contributed by atoms with van der Waals surface area (Å²) in [6.07, 6.45) is -2.49. The molecule has 0 unspecified atom stereocenters. The summed E-state index contributed by atoms with van der Waals surface area (Å²) >= 11 is 0. The van der Waals surface area contributed by atoms with Crippen molar-refractivity contribution in [2.45, 2.75) is 38.6 Å². The van der Waals surface area contributed by atoms with Crippen molar-refractivity contribution in [3.8, 4) is 0 Å². The van der Waals surface area contributed by atoms with E-state index in [1.165, 1.54) is 13.8 Å². The highest BCUT2D eigenvalue weighted by atomic mass is 16.7. The number of esters is 1. The van der Waals surface area contributed by atoms with Gasteiger partial charge in [0, 0.05) is 0 Å². The van der Waals surface area contributed by atoms with Crippen LogP contribution in [0.25, 0.3) is 0 Å². The molecule has 0 amide bonds. The molecule has 0 spiro atoms. The highest BCUT2D eigenvalue weighted by Crippen LogP contribution is 2.19. The molecule has 0 rings (SSSR count). The second-order valence-corrected chi connectivity index (χ2v) is 3.58. The molecule has 0 aliphatic rings. The molecule has 0 aliphatic heterocycles. The van der Waals surface area contributed by atoms with E-state index in [1.807, 2.05) is 0 Å². The molecule has 18 heavy (non-hydrogen) atoms. The summed E-state index contributed by atoms with van der Waals surface area (Å²) in [5, 5.41) is 31.5. The lowest BCUT2D eigenvalue weighted by Gasteiger charge is -2.10. The third-order valence-corrected chi connectivity index (χ3v) is 1.91. The molecule has 0 aromatic carbocycles. The maximum atomic E-state index is 11.1. The zero-order valence-electron chi connectivity index (χ0n) is 9.60. The van der Waals surface area contributed by atoms with Crippen molar-refractivity contribution in [1.29, 1.82) is 0 Å². The Hall–Kier alpha value is -2.33. The van der Waals surface area contributed by atoms with Crippen molar-refractivity contribution in [1.82, 2.24) is 0 Å². The quantitative estimate of drug-likeness (QED) is 0.273. The molecule has 11 nitrogen and oxygen atoms in total. The van der Waals surface area contributed by atoms with Crippen molar-refractivity contribution in [3.63, 3.8) is 0 Å². The normalized spacial score (nSPS) is 11.1. The van der Waals surface area contributed by atoms with Gasteiger partial charge in [0.05, 0.1) is 12.5 Å². The molecule has 0 bridgehead atoms. The Morgan fingerprint density at radius 3 is 1.78 bits per heavy atom. The van der Waals surface area contributed by atoms with E-state index in [2.05, 4.69) is 4.74 Å². The van der Waals surface area contributed by atoms with E-state index in [0.29, 0.717) is 0 Å². The monoisotopic (exact) mass is 265 g/mol. The molecular weight excluding hydrogens is 254 g/mol. The first-order valence-electron chi connectivity index (χ1n) is 4.77. The van der Waals surface area contributed by atoms with Crippen LogP contribution in [0.5, 0.6) is 0 Å². The van der Waals surface area contributed by atoms with Crippen molar-refractivity contribution in [2.75, 3.05) is 0 Å². The van der Waals surface area contributed by atoms with Gasteiger partial charge in [-0.2, -0.15) is 0 Å². The Balaban J connectivity index is 4.93. The molecule has 0 aliphatic carbocycles. The first kappa shape index (κ1) is 15.7. The van der Waals surface area contributed by atoms with Crippen molar-refractivity contribution >= 4 is 5.97 Å². The smallest absolute Gasteiger partial charge is 0.463 e. The van der Waals surface area contributed by atoms with E-state index >= 15 is 0 Å². The molecule has 11 heteroatoms. The predicted molar refractivity (Wildman–Crippen MR) is 54.2 cm³/mol. The maximum Gasteiger partial charge on any atom is 0.700 e. The van der Waals surface area contributed by atoms with Gasteiger partial charge in [0.25, 0.3) is 0 Å². The number of carbonyl (C=O) groups is 1. The third kappa shape index (κ3) is 3.33. The van der Waals surface area contributed by atoms with Gasteiger partial charge in [-0.1, -0.05) is 0 Å². The van der Waals surface area contributed by atoms with Crippen LogP contribution in [0.3, 0.4) is 0 Å². The highest BCUT2D eigenvalue weighted by molar-refractivity contribution is 5.69. The van der Waals surface area contributed by atoms with Gasteiger partial charge < -0.3 is 4.74 Å². The SMILES string of the molecule is CC(C)OC(=O)CCC([N+](=O)[O-])([N+](=O)[O-])[N+](=O)[O-]. The minimum Gasteiger partial charge on any atom is -0.463 e. The lowest BCUT2D eigenvalue weighted by molar-refractivity contribution is -0.970. The number of hydrogen-bond acceptors (Lipinski definition) is 8.